The highest BCUT2D eigenvalue weighted by atomic mass is 16.5. The van der Waals surface area contributed by atoms with Crippen LogP contribution in [-0.2, 0) is 16.0 Å². The molecule has 1 unspecified atom stereocenters. The number of carbonyl (C=O) groups is 1. The van der Waals surface area contributed by atoms with E-state index in [0.29, 0.717) is 6.61 Å². The first-order chi connectivity index (χ1) is 17.3. The van der Waals surface area contributed by atoms with Crippen molar-refractivity contribution >= 4 is 38.2 Å². The number of nitrogens with zero attached hydrogens (tertiary/aromatic N) is 1. The second kappa shape index (κ2) is 8.42. The zero-order chi connectivity index (χ0) is 25.0. The number of ether oxygens (including phenoxy) is 2. The monoisotopic (exact) mass is 475 g/mol. The van der Waals surface area contributed by atoms with Crippen molar-refractivity contribution in [1.82, 2.24) is 4.98 Å². The number of pyridine rings is 1. The molecule has 1 atom stereocenters. The van der Waals surface area contributed by atoms with E-state index in [0.717, 1.165) is 61.3 Å². The van der Waals surface area contributed by atoms with Crippen LogP contribution in [0.4, 0.5) is 0 Å². The molecule has 0 spiro atoms. The van der Waals surface area contributed by atoms with Gasteiger partial charge in [0.1, 0.15) is 11.9 Å². The average Bonchev–Trinajstić information content (AvgIpc) is 2.87. The summed E-state index contributed by atoms with van der Waals surface area (Å²) in [5.74, 6) is 0.842. The Morgan fingerprint density at radius 3 is 2.28 bits per heavy atom. The molecule has 0 fully saturated rings. The maximum Gasteiger partial charge on any atom is 0.163 e. The minimum absolute atomic E-state index is 0.0226. The summed E-state index contributed by atoms with van der Waals surface area (Å²) < 4.78 is 12.5. The van der Waals surface area contributed by atoms with Crippen LogP contribution in [0.5, 0.6) is 5.75 Å². The molecule has 0 amide bonds. The molecule has 6 rings (SSSR count). The molecule has 0 saturated heterocycles. The number of fused-ring (bicyclic) bond motifs is 3. The molecule has 0 aliphatic carbocycles. The lowest BCUT2D eigenvalue weighted by molar-refractivity contribution is -0.138. The fourth-order valence-corrected chi connectivity index (χ4v) is 5.53. The molecule has 4 aromatic carbocycles. The molecule has 0 N–H and O–H groups in total. The van der Waals surface area contributed by atoms with Gasteiger partial charge in [-0.3, -0.25) is 9.78 Å². The summed E-state index contributed by atoms with van der Waals surface area (Å²) in [5.41, 5.74) is 4.50. The van der Waals surface area contributed by atoms with Crippen molar-refractivity contribution in [2.75, 3.05) is 6.61 Å². The third-order valence-corrected chi connectivity index (χ3v) is 6.91. The maximum atomic E-state index is 13.3. The largest absolute Gasteiger partial charge is 0.493 e. The highest BCUT2D eigenvalue weighted by Gasteiger charge is 2.31. The Morgan fingerprint density at radius 1 is 0.917 bits per heavy atom. The van der Waals surface area contributed by atoms with Gasteiger partial charge in [-0.05, 0) is 78.6 Å². The Bertz CT molecular complexity index is 1650. The summed E-state index contributed by atoms with van der Waals surface area (Å²) in [6.45, 7) is 8.27. The standard InChI is InChI=1S/C32H29NO3/c1-19(34)31(36-32(2,3)4)29-24-12-8-6-10-22(24)21-9-5-7-11-23(21)28(29)25-13-14-26-27-20(16-18-35-26)15-17-33-30(25)27/h5-15,17,31H,16,18H2,1-4H3. The minimum Gasteiger partial charge on any atom is -0.493 e. The van der Waals surface area contributed by atoms with Gasteiger partial charge in [0, 0.05) is 29.1 Å². The first kappa shape index (κ1) is 22.7. The Hall–Kier alpha value is -3.76. The molecule has 0 bridgehead atoms. The van der Waals surface area contributed by atoms with E-state index in [1.165, 1.54) is 5.56 Å². The van der Waals surface area contributed by atoms with Gasteiger partial charge in [-0.15, -0.1) is 0 Å². The number of aromatic nitrogens is 1. The summed E-state index contributed by atoms with van der Waals surface area (Å²) in [6, 6.07) is 22.9. The molecule has 0 radical (unpaired) electrons. The van der Waals surface area contributed by atoms with Crippen LogP contribution in [0, 0.1) is 0 Å². The highest BCUT2D eigenvalue weighted by molar-refractivity contribution is 6.19. The minimum atomic E-state index is -0.725. The second-order valence-corrected chi connectivity index (χ2v) is 10.5. The zero-order valence-electron chi connectivity index (χ0n) is 21.1. The van der Waals surface area contributed by atoms with E-state index in [2.05, 4.69) is 48.5 Å². The van der Waals surface area contributed by atoms with E-state index in [-0.39, 0.29) is 5.78 Å². The summed E-state index contributed by atoms with van der Waals surface area (Å²) >= 11 is 0. The second-order valence-electron chi connectivity index (χ2n) is 10.5. The number of hydrogen-bond donors (Lipinski definition) is 0. The lowest BCUT2D eigenvalue weighted by atomic mass is 9.83. The summed E-state index contributed by atoms with van der Waals surface area (Å²) in [4.78, 5) is 18.1. The third kappa shape index (κ3) is 3.64. The summed E-state index contributed by atoms with van der Waals surface area (Å²) in [6.07, 6.45) is 2.01. The first-order valence-electron chi connectivity index (χ1n) is 12.5. The molecular weight excluding hydrogens is 446 g/mol. The molecule has 180 valence electrons. The number of carbonyl (C=O) groups excluding carboxylic acids is 1. The summed E-state index contributed by atoms with van der Waals surface area (Å²) in [7, 11) is 0. The molecule has 4 heteroatoms. The van der Waals surface area contributed by atoms with Crippen molar-refractivity contribution in [2.24, 2.45) is 0 Å². The fourth-order valence-electron chi connectivity index (χ4n) is 5.53. The van der Waals surface area contributed by atoms with Gasteiger partial charge in [0.2, 0.25) is 0 Å². The van der Waals surface area contributed by atoms with Gasteiger partial charge in [-0.1, -0.05) is 48.5 Å². The van der Waals surface area contributed by atoms with Gasteiger partial charge in [0.05, 0.1) is 17.7 Å². The van der Waals surface area contributed by atoms with Crippen LogP contribution in [0.3, 0.4) is 0 Å². The molecule has 36 heavy (non-hydrogen) atoms. The zero-order valence-corrected chi connectivity index (χ0v) is 21.1. The van der Waals surface area contributed by atoms with Crippen LogP contribution in [0.2, 0.25) is 0 Å². The maximum absolute atomic E-state index is 13.3. The molecule has 4 nitrogen and oxygen atoms in total. The van der Waals surface area contributed by atoms with Crippen LogP contribution in [-0.4, -0.2) is 23.0 Å². The lowest BCUT2D eigenvalue weighted by Gasteiger charge is -2.30. The lowest BCUT2D eigenvalue weighted by Crippen LogP contribution is -2.27. The Balaban J connectivity index is 1.81. The molecular formula is C32H29NO3. The quantitative estimate of drug-likeness (QED) is 0.251. The van der Waals surface area contributed by atoms with Crippen LogP contribution < -0.4 is 4.74 Å². The van der Waals surface area contributed by atoms with Crippen molar-refractivity contribution in [3.63, 3.8) is 0 Å². The van der Waals surface area contributed by atoms with Crippen molar-refractivity contribution in [3.8, 4) is 16.9 Å². The topological polar surface area (TPSA) is 48.4 Å². The van der Waals surface area contributed by atoms with E-state index in [1.54, 1.807) is 6.92 Å². The van der Waals surface area contributed by atoms with Crippen molar-refractivity contribution in [2.45, 2.75) is 45.8 Å². The van der Waals surface area contributed by atoms with Crippen LogP contribution in [0.15, 0.2) is 72.9 Å². The van der Waals surface area contributed by atoms with Gasteiger partial charge in [0.15, 0.2) is 5.78 Å². The van der Waals surface area contributed by atoms with Gasteiger partial charge in [-0.2, -0.15) is 0 Å². The number of rotatable bonds is 4. The molecule has 0 saturated carbocycles. The Labute approximate surface area is 210 Å². The van der Waals surface area contributed by atoms with Crippen molar-refractivity contribution < 1.29 is 14.3 Å². The average molecular weight is 476 g/mol. The number of hydrogen-bond acceptors (Lipinski definition) is 4. The van der Waals surface area contributed by atoms with Gasteiger partial charge >= 0.3 is 0 Å². The van der Waals surface area contributed by atoms with Crippen LogP contribution in [0.25, 0.3) is 43.6 Å². The fraction of sp³-hybridized carbons (Fsp3) is 0.250. The van der Waals surface area contributed by atoms with E-state index in [4.69, 9.17) is 14.5 Å². The van der Waals surface area contributed by atoms with Crippen LogP contribution >= 0.6 is 0 Å². The summed E-state index contributed by atoms with van der Waals surface area (Å²) in [5, 5.41) is 5.40. The predicted octanol–water partition coefficient (Wildman–Crippen LogP) is 7.59. The van der Waals surface area contributed by atoms with Crippen molar-refractivity contribution in [1.29, 1.82) is 0 Å². The predicted molar refractivity (Wildman–Crippen MR) is 146 cm³/mol. The highest BCUT2D eigenvalue weighted by Crippen LogP contribution is 2.47. The van der Waals surface area contributed by atoms with E-state index in [1.807, 2.05) is 45.2 Å². The van der Waals surface area contributed by atoms with Crippen LogP contribution in [0.1, 0.15) is 44.9 Å². The Kier molecular flexibility index (Phi) is 5.31. The molecule has 1 aromatic heterocycles. The van der Waals surface area contributed by atoms with Crippen molar-refractivity contribution in [3.05, 3.63) is 84.1 Å². The number of ketones is 1. The Morgan fingerprint density at radius 2 is 1.58 bits per heavy atom. The SMILES string of the molecule is CC(=O)C(OC(C)(C)C)c1c(-c2ccc3c4c(ccnc24)CCO3)c2ccccc2c2ccccc12. The third-order valence-electron chi connectivity index (χ3n) is 6.91. The molecule has 2 heterocycles. The smallest absolute Gasteiger partial charge is 0.163 e. The van der Waals surface area contributed by atoms with Gasteiger partial charge in [0.25, 0.3) is 0 Å². The number of Topliss-reactive ketones (excluding diaryl/α,β-unsaturated/α-hetero) is 1. The number of benzene rings is 4. The molecule has 5 aromatic rings. The molecule has 1 aliphatic heterocycles. The van der Waals surface area contributed by atoms with Gasteiger partial charge < -0.3 is 9.47 Å². The first-order valence-corrected chi connectivity index (χ1v) is 12.5. The normalized spacial score (nSPS) is 14.2. The van der Waals surface area contributed by atoms with E-state index in [9.17, 15) is 4.79 Å². The van der Waals surface area contributed by atoms with Gasteiger partial charge in [-0.25, -0.2) is 0 Å². The van der Waals surface area contributed by atoms with E-state index >= 15 is 0 Å². The van der Waals surface area contributed by atoms with E-state index < -0.39 is 11.7 Å². The molecule has 1 aliphatic rings.